The van der Waals surface area contributed by atoms with E-state index in [9.17, 15) is 27.7 Å². The molecule has 1 aliphatic heterocycles. The smallest absolute Gasteiger partial charge is 0.293 e. The van der Waals surface area contributed by atoms with Crippen LogP contribution in [0.3, 0.4) is 0 Å². The Bertz CT molecular complexity index is 752. The van der Waals surface area contributed by atoms with E-state index < -0.39 is 43.1 Å². The number of hydrogen-bond donors (Lipinski definition) is 0. The van der Waals surface area contributed by atoms with Gasteiger partial charge in [0.15, 0.2) is 0 Å². The lowest BCUT2D eigenvalue weighted by Crippen LogP contribution is -2.27. The standard InChI is InChI=1S/C12H12ClFN2O5S/c1-7-9(14)2-3-10(16(18)19)12(7)15-5-8(4-11(15)17)6-22(13,20)21/h2-3,8H,4-6H2,1H3. The van der Waals surface area contributed by atoms with E-state index in [0.29, 0.717) is 0 Å². The van der Waals surface area contributed by atoms with Gasteiger partial charge in [-0.3, -0.25) is 14.9 Å². The fourth-order valence-corrected chi connectivity index (χ4v) is 3.86. The summed E-state index contributed by atoms with van der Waals surface area (Å²) < 4.78 is 35.9. The molecule has 0 saturated carbocycles. The maximum atomic E-state index is 13.7. The Morgan fingerprint density at radius 1 is 1.50 bits per heavy atom. The van der Waals surface area contributed by atoms with Crippen molar-refractivity contribution in [1.82, 2.24) is 0 Å². The first-order valence-electron chi connectivity index (χ1n) is 6.26. The Hall–Kier alpha value is -1.74. The summed E-state index contributed by atoms with van der Waals surface area (Å²) in [5.74, 6) is -2.18. The van der Waals surface area contributed by atoms with Crippen LogP contribution >= 0.6 is 10.7 Å². The highest BCUT2D eigenvalue weighted by molar-refractivity contribution is 8.13. The van der Waals surface area contributed by atoms with Crippen molar-refractivity contribution in [3.63, 3.8) is 0 Å². The topological polar surface area (TPSA) is 97.6 Å². The number of amides is 1. The highest BCUT2D eigenvalue weighted by atomic mass is 35.7. The summed E-state index contributed by atoms with van der Waals surface area (Å²) in [6.07, 6.45) is -0.112. The average Bonchev–Trinajstić information content (AvgIpc) is 2.70. The summed E-state index contributed by atoms with van der Waals surface area (Å²) >= 11 is 0. The Kier molecular flexibility index (Phi) is 4.39. The van der Waals surface area contributed by atoms with Gasteiger partial charge in [-0.25, -0.2) is 12.8 Å². The van der Waals surface area contributed by atoms with E-state index in [4.69, 9.17) is 10.7 Å². The van der Waals surface area contributed by atoms with Crippen LogP contribution in [0.25, 0.3) is 0 Å². The number of anilines is 1. The molecule has 0 radical (unpaired) electrons. The van der Waals surface area contributed by atoms with Gasteiger partial charge in [0.05, 0.1) is 10.7 Å². The van der Waals surface area contributed by atoms with Gasteiger partial charge >= 0.3 is 0 Å². The van der Waals surface area contributed by atoms with Gasteiger partial charge in [0.1, 0.15) is 11.5 Å². The molecule has 7 nitrogen and oxygen atoms in total. The summed E-state index contributed by atoms with van der Waals surface area (Å²) in [5, 5.41) is 11.1. The molecule has 2 rings (SSSR count). The number of carbonyl (C=O) groups is 1. The van der Waals surface area contributed by atoms with Gasteiger partial charge < -0.3 is 4.90 Å². The minimum Gasteiger partial charge on any atom is -0.306 e. The third kappa shape index (κ3) is 3.36. The van der Waals surface area contributed by atoms with E-state index in [1.807, 2.05) is 0 Å². The van der Waals surface area contributed by atoms with Crippen LogP contribution in [-0.2, 0) is 13.8 Å². The van der Waals surface area contributed by atoms with Gasteiger partial charge in [-0.2, -0.15) is 0 Å². The van der Waals surface area contributed by atoms with Gasteiger partial charge in [-0.1, -0.05) is 0 Å². The number of nitro benzene ring substituents is 1. The first-order valence-corrected chi connectivity index (χ1v) is 8.74. The fourth-order valence-electron chi connectivity index (χ4n) is 2.54. The van der Waals surface area contributed by atoms with Crippen LogP contribution in [0.4, 0.5) is 15.8 Å². The molecule has 1 aromatic rings. The van der Waals surface area contributed by atoms with Crippen LogP contribution in [0.1, 0.15) is 12.0 Å². The highest BCUT2D eigenvalue weighted by Crippen LogP contribution is 2.37. The zero-order chi connectivity index (χ0) is 16.7. The summed E-state index contributed by atoms with van der Waals surface area (Å²) in [7, 11) is 1.37. The third-order valence-electron chi connectivity index (χ3n) is 3.45. The van der Waals surface area contributed by atoms with Crippen molar-refractivity contribution < 1.29 is 22.5 Å². The molecule has 1 saturated heterocycles. The van der Waals surface area contributed by atoms with Crippen LogP contribution in [0.5, 0.6) is 0 Å². The molecule has 1 heterocycles. The van der Waals surface area contributed by atoms with E-state index in [-0.39, 0.29) is 24.2 Å². The molecule has 1 atom stereocenters. The first kappa shape index (κ1) is 16.6. The maximum Gasteiger partial charge on any atom is 0.293 e. The van der Waals surface area contributed by atoms with Crippen molar-refractivity contribution in [2.75, 3.05) is 17.2 Å². The van der Waals surface area contributed by atoms with E-state index in [1.165, 1.54) is 6.92 Å². The van der Waals surface area contributed by atoms with Gasteiger partial charge in [0.25, 0.3) is 5.69 Å². The molecule has 0 spiro atoms. The second-order valence-corrected chi connectivity index (χ2v) is 7.90. The molecule has 1 unspecified atom stereocenters. The van der Waals surface area contributed by atoms with Crippen LogP contribution in [0.2, 0.25) is 0 Å². The molecule has 1 amide bonds. The number of nitrogens with zero attached hydrogens (tertiary/aromatic N) is 2. The molecular formula is C12H12ClFN2O5S. The quantitative estimate of drug-likeness (QED) is 0.469. The number of benzene rings is 1. The SMILES string of the molecule is Cc1c(F)ccc([N+](=O)[O-])c1N1CC(CS(=O)(=O)Cl)CC1=O. The van der Waals surface area contributed by atoms with Gasteiger partial charge in [-0.15, -0.1) is 0 Å². The molecule has 22 heavy (non-hydrogen) atoms. The summed E-state index contributed by atoms with van der Waals surface area (Å²) in [6.45, 7) is 1.27. The van der Waals surface area contributed by atoms with Crippen molar-refractivity contribution in [3.05, 3.63) is 33.6 Å². The first-order chi connectivity index (χ1) is 10.1. The van der Waals surface area contributed by atoms with Crippen molar-refractivity contribution in [2.24, 2.45) is 5.92 Å². The predicted molar refractivity (Wildman–Crippen MR) is 77.9 cm³/mol. The van der Waals surface area contributed by atoms with Crippen molar-refractivity contribution in [3.8, 4) is 0 Å². The minimum atomic E-state index is -3.80. The van der Waals surface area contributed by atoms with Gasteiger partial charge in [0, 0.05) is 41.2 Å². The molecule has 0 aliphatic carbocycles. The van der Waals surface area contributed by atoms with Crippen LogP contribution < -0.4 is 4.90 Å². The maximum absolute atomic E-state index is 13.7. The average molecular weight is 351 g/mol. The van der Waals surface area contributed by atoms with Crippen LogP contribution in [0, 0.1) is 28.8 Å². The zero-order valence-corrected chi connectivity index (χ0v) is 13.0. The molecule has 120 valence electrons. The monoisotopic (exact) mass is 350 g/mol. The molecule has 0 bridgehead atoms. The lowest BCUT2D eigenvalue weighted by Gasteiger charge is -2.19. The normalized spacial score (nSPS) is 18.8. The van der Waals surface area contributed by atoms with E-state index in [2.05, 4.69) is 0 Å². The molecule has 10 heteroatoms. The van der Waals surface area contributed by atoms with Crippen LogP contribution in [-0.4, -0.2) is 31.5 Å². The zero-order valence-electron chi connectivity index (χ0n) is 11.5. The largest absolute Gasteiger partial charge is 0.306 e. The molecule has 0 N–H and O–H groups in total. The Labute approximate surface area is 130 Å². The minimum absolute atomic E-state index is 0.0306. The van der Waals surface area contributed by atoms with E-state index >= 15 is 0 Å². The van der Waals surface area contributed by atoms with Gasteiger partial charge in [-0.05, 0) is 13.0 Å². The lowest BCUT2D eigenvalue weighted by molar-refractivity contribution is -0.384. The summed E-state index contributed by atoms with van der Waals surface area (Å²) in [4.78, 5) is 23.5. The Balaban J connectivity index is 2.42. The summed E-state index contributed by atoms with van der Waals surface area (Å²) in [5.41, 5.74) is -0.567. The number of halogens is 2. The second kappa shape index (κ2) is 5.81. The summed E-state index contributed by atoms with van der Waals surface area (Å²) in [6, 6.07) is 1.94. The second-order valence-electron chi connectivity index (χ2n) is 5.08. The number of rotatable bonds is 4. The predicted octanol–water partition coefficient (Wildman–Crippen LogP) is 1.96. The van der Waals surface area contributed by atoms with Crippen molar-refractivity contribution >= 4 is 37.0 Å². The molecule has 1 fully saturated rings. The molecular weight excluding hydrogens is 339 g/mol. The van der Waals surface area contributed by atoms with E-state index in [1.54, 1.807) is 0 Å². The van der Waals surface area contributed by atoms with Crippen molar-refractivity contribution in [2.45, 2.75) is 13.3 Å². The molecule has 1 aliphatic rings. The Morgan fingerprint density at radius 3 is 2.68 bits per heavy atom. The van der Waals surface area contributed by atoms with Crippen molar-refractivity contribution in [1.29, 1.82) is 0 Å². The number of carbonyl (C=O) groups excluding carboxylic acids is 1. The Morgan fingerprint density at radius 2 is 2.14 bits per heavy atom. The highest BCUT2D eigenvalue weighted by Gasteiger charge is 2.37. The third-order valence-corrected chi connectivity index (χ3v) is 4.70. The number of nitro groups is 1. The fraction of sp³-hybridized carbons (Fsp3) is 0.417. The lowest BCUT2D eigenvalue weighted by atomic mass is 10.1. The van der Waals surface area contributed by atoms with E-state index in [0.717, 1.165) is 17.0 Å². The van der Waals surface area contributed by atoms with Gasteiger partial charge in [0.2, 0.25) is 15.0 Å². The number of hydrogen-bond acceptors (Lipinski definition) is 5. The molecule has 1 aromatic carbocycles. The molecule has 0 aromatic heterocycles. The van der Waals surface area contributed by atoms with Crippen LogP contribution in [0.15, 0.2) is 12.1 Å².